The Balaban J connectivity index is 1.77. The average molecular weight is 373 g/mol. The fourth-order valence-corrected chi connectivity index (χ4v) is 2.88. The molecule has 0 atom stereocenters. The van der Waals surface area contributed by atoms with E-state index in [9.17, 15) is 10.1 Å². The van der Waals surface area contributed by atoms with Crippen LogP contribution in [0, 0.1) is 22.4 Å². The van der Waals surface area contributed by atoms with Gasteiger partial charge in [-0.2, -0.15) is 10.2 Å². The number of aromatic nitrogens is 4. The van der Waals surface area contributed by atoms with Gasteiger partial charge >= 0.3 is 0 Å². The molecule has 0 amide bonds. The molecule has 4 rings (SSSR count). The number of fused-ring (bicyclic) bond motifs is 1. The Morgan fingerprint density at radius 2 is 1.96 bits per heavy atom. The van der Waals surface area contributed by atoms with Gasteiger partial charge in [-0.3, -0.25) is 15.5 Å². The van der Waals surface area contributed by atoms with Crippen molar-refractivity contribution in [1.82, 2.24) is 19.4 Å². The molecule has 4 aromatic rings. The van der Waals surface area contributed by atoms with E-state index in [-0.39, 0.29) is 11.2 Å². The fourth-order valence-electron chi connectivity index (χ4n) is 2.88. The van der Waals surface area contributed by atoms with E-state index < -0.39 is 4.92 Å². The van der Waals surface area contributed by atoms with Gasteiger partial charge in [-0.1, -0.05) is 30.3 Å². The standard InChI is InChI=1S/C19H15N7O2/c1-13-17-18(20)24(22-11-14-6-5-9-16(10-14)26(27)28)12-21-19(17)25(23-13)15-7-3-2-4-8-15/h2-12,20H,1H3/b20-18?,22-11+. The number of benzene rings is 2. The Hall–Kier alpha value is -4.14. The van der Waals surface area contributed by atoms with Crippen molar-refractivity contribution in [2.75, 3.05) is 0 Å². The number of nitro groups is 1. The van der Waals surface area contributed by atoms with Gasteiger partial charge in [0.2, 0.25) is 0 Å². The number of para-hydroxylation sites is 1. The van der Waals surface area contributed by atoms with E-state index in [2.05, 4.69) is 15.2 Å². The quantitative estimate of drug-likeness (QED) is 0.336. The lowest BCUT2D eigenvalue weighted by Crippen LogP contribution is -2.18. The van der Waals surface area contributed by atoms with Gasteiger partial charge in [0.15, 0.2) is 11.1 Å². The highest BCUT2D eigenvalue weighted by molar-refractivity contribution is 5.81. The number of hydrogen-bond donors (Lipinski definition) is 1. The summed E-state index contributed by atoms with van der Waals surface area (Å²) in [5.74, 6) is 0. The highest BCUT2D eigenvalue weighted by Crippen LogP contribution is 2.16. The third-order valence-corrected chi connectivity index (χ3v) is 4.20. The van der Waals surface area contributed by atoms with Crippen molar-refractivity contribution in [2.24, 2.45) is 5.10 Å². The molecular formula is C19H15N7O2. The number of nitro benzene ring substituents is 1. The summed E-state index contributed by atoms with van der Waals surface area (Å²) in [5, 5.41) is 28.7. The molecule has 0 fully saturated rings. The van der Waals surface area contributed by atoms with Crippen molar-refractivity contribution in [3.05, 3.63) is 87.8 Å². The number of rotatable bonds is 4. The Bertz CT molecular complexity index is 1270. The SMILES string of the molecule is Cc1nn(-c2ccccc2)c2ncn(/N=C/c3cccc([N+](=O)[O-])c3)c(=N)c12. The molecule has 0 aliphatic heterocycles. The molecule has 0 bridgehead atoms. The normalized spacial score (nSPS) is 11.3. The molecule has 9 nitrogen and oxygen atoms in total. The van der Waals surface area contributed by atoms with Crippen molar-refractivity contribution in [1.29, 1.82) is 5.41 Å². The molecule has 28 heavy (non-hydrogen) atoms. The predicted octanol–water partition coefficient (Wildman–Crippen LogP) is 2.80. The molecule has 0 unspecified atom stereocenters. The minimum atomic E-state index is -0.463. The molecule has 2 aromatic heterocycles. The highest BCUT2D eigenvalue weighted by atomic mass is 16.6. The van der Waals surface area contributed by atoms with Crippen molar-refractivity contribution in [2.45, 2.75) is 6.92 Å². The maximum Gasteiger partial charge on any atom is 0.270 e. The van der Waals surface area contributed by atoms with Crippen LogP contribution in [0.5, 0.6) is 0 Å². The van der Waals surface area contributed by atoms with E-state index in [0.29, 0.717) is 22.3 Å². The van der Waals surface area contributed by atoms with Crippen LogP contribution in [0.2, 0.25) is 0 Å². The van der Waals surface area contributed by atoms with Crippen LogP contribution in [0.3, 0.4) is 0 Å². The largest absolute Gasteiger partial charge is 0.282 e. The van der Waals surface area contributed by atoms with Crippen LogP contribution in [0.15, 0.2) is 66.0 Å². The van der Waals surface area contributed by atoms with Crippen molar-refractivity contribution >= 4 is 22.9 Å². The van der Waals surface area contributed by atoms with Gasteiger partial charge in [0.05, 0.1) is 27.9 Å². The molecule has 9 heteroatoms. The summed E-state index contributed by atoms with van der Waals surface area (Å²) in [6.07, 6.45) is 2.88. The first-order valence-corrected chi connectivity index (χ1v) is 8.40. The van der Waals surface area contributed by atoms with Gasteiger partial charge in [-0.15, -0.1) is 0 Å². The first-order valence-electron chi connectivity index (χ1n) is 8.40. The number of nitrogens with zero attached hydrogens (tertiary/aromatic N) is 6. The molecule has 2 heterocycles. The fraction of sp³-hybridized carbons (Fsp3) is 0.0526. The number of hydrogen-bond acceptors (Lipinski definition) is 6. The molecule has 2 aromatic carbocycles. The molecule has 0 aliphatic rings. The molecule has 0 spiro atoms. The smallest absolute Gasteiger partial charge is 0.270 e. The zero-order chi connectivity index (χ0) is 19.7. The summed E-state index contributed by atoms with van der Waals surface area (Å²) in [6, 6.07) is 15.7. The summed E-state index contributed by atoms with van der Waals surface area (Å²) in [4.78, 5) is 14.8. The molecule has 1 N–H and O–H groups in total. The van der Waals surface area contributed by atoms with Crippen LogP contribution in [0.1, 0.15) is 11.3 Å². The van der Waals surface area contributed by atoms with Gasteiger partial charge in [-0.25, -0.2) is 14.3 Å². The van der Waals surface area contributed by atoms with Crippen LogP contribution < -0.4 is 5.49 Å². The lowest BCUT2D eigenvalue weighted by atomic mass is 10.2. The van der Waals surface area contributed by atoms with Gasteiger partial charge in [-0.05, 0) is 19.1 Å². The first-order chi connectivity index (χ1) is 13.5. The summed E-state index contributed by atoms with van der Waals surface area (Å²) in [5.41, 5.74) is 2.75. The predicted molar refractivity (Wildman–Crippen MR) is 104 cm³/mol. The Labute approximate surface area is 158 Å². The summed E-state index contributed by atoms with van der Waals surface area (Å²) in [7, 11) is 0. The third-order valence-electron chi connectivity index (χ3n) is 4.20. The minimum Gasteiger partial charge on any atom is -0.282 e. The Morgan fingerprint density at radius 1 is 1.18 bits per heavy atom. The number of nitrogens with one attached hydrogen (secondary N) is 1. The second-order valence-electron chi connectivity index (χ2n) is 6.07. The Kier molecular flexibility index (Phi) is 4.24. The molecule has 0 aliphatic carbocycles. The van der Waals surface area contributed by atoms with Gasteiger partial charge < -0.3 is 0 Å². The number of non-ortho nitro benzene ring substituents is 1. The maximum absolute atomic E-state index is 10.9. The van der Waals surface area contributed by atoms with E-state index in [0.717, 1.165) is 5.69 Å². The molecule has 138 valence electrons. The minimum absolute atomic E-state index is 0.0198. The highest BCUT2D eigenvalue weighted by Gasteiger charge is 2.13. The van der Waals surface area contributed by atoms with Crippen molar-refractivity contribution in [3.63, 3.8) is 0 Å². The lowest BCUT2D eigenvalue weighted by Gasteiger charge is -2.03. The zero-order valence-electron chi connectivity index (χ0n) is 14.9. The van der Waals surface area contributed by atoms with Crippen LogP contribution in [-0.4, -0.2) is 30.6 Å². The van der Waals surface area contributed by atoms with E-state index in [1.807, 2.05) is 37.3 Å². The van der Waals surface area contributed by atoms with Crippen LogP contribution in [0.4, 0.5) is 5.69 Å². The summed E-state index contributed by atoms with van der Waals surface area (Å²) < 4.78 is 3.00. The van der Waals surface area contributed by atoms with Crippen LogP contribution >= 0.6 is 0 Å². The molecule has 0 radical (unpaired) electrons. The van der Waals surface area contributed by atoms with E-state index >= 15 is 0 Å². The van der Waals surface area contributed by atoms with Crippen LogP contribution in [-0.2, 0) is 0 Å². The van der Waals surface area contributed by atoms with Crippen molar-refractivity contribution < 1.29 is 4.92 Å². The van der Waals surface area contributed by atoms with E-state index in [1.54, 1.807) is 16.8 Å². The monoisotopic (exact) mass is 373 g/mol. The topological polar surface area (TPSA) is 115 Å². The first kappa shape index (κ1) is 17.3. The average Bonchev–Trinajstić information content (AvgIpc) is 3.05. The molecule has 0 saturated heterocycles. The lowest BCUT2D eigenvalue weighted by molar-refractivity contribution is -0.384. The zero-order valence-corrected chi connectivity index (χ0v) is 14.9. The summed E-state index contributed by atoms with van der Waals surface area (Å²) in [6.45, 7) is 1.82. The summed E-state index contributed by atoms with van der Waals surface area (Å²) >= 11 is 0. The second kappa shape index (κ2) is 6.88. The number of aryl methyl sites for hydroxylation is 1. The molecular weight excluding hydrogens is 358 g/mol. The second-order valence-corrected chi connectivity index (χ2v) is 6.07. The third kappa shape index (κ3) is 3.05. The van der Waals surface area contributed by atoms with E-state index in [1.165, 1.54) is 29.4 Å². The molecule has 0 saturated carbocycles. The van der Waals surface area contributed by atoms with E-state index in [4.69, 9.17) is 5.41 Å². The van der Waals surface area contributed by atoms with Gasteiger partial charge in [0, 0.05) is 17.7 Å². The van der Waals surface area contributed by atoms with Crippen LogP contribution in [0.25, 0.3) is 16.7 Å². The van der Waals surface area contributed by atoms with Crippen molar-refractivity contribution in [3.8, 4) is 5.69 Å². The van der Waals surface area contributed by atoms with Gasteiger partial charge in [0.25, 0.3) is 5.69 Å². The Morgan fingerprint density at radius 3 is 2.71 bits per heavy atom. The van der Waals surface area contributed by atoms with Gasteiger partial charge in [0.1, 0.15) is 6.33 Å². The maximum atomic E-state index is 10.9.